The molecule has 0 aliphatic rings. The van der Waals surface area contributed by atoms with Crippen LogP contribution in [0.5, 0.6) is 11.5 Å². The highest BCUT2D eigenvalue weighted by atomic mass is 79.9. The first kappa shape index (κ1) is 14.6. The monoisotopic (exact) mass is 340 g/mol. The van der Waals surface area contributed by atoms with Crippen LogP contribution in [0, 0.1) is 0 Å². The summed E-state index contributed by atoms with van der Waals surface area (Å²) in [5.74, 6) is 2.05. The molecule has 0 atom stereocenters. The van der Waals surface area contributed by atoms with E-state index >= 15 is 0 Å². The van der Waals surface area contributed by atoms with E-state index in [1.54, 1.807) is 7.11 Å². The zero-order chi connectivity index (χ0) is 14.5. The first-order valence-electron chi connectivity index (χ1n) is 6.22. The van der Waals surface area contributed by atoms with E-state index in [0.717, 1.165) is 15.8 Å². The number of nitrogens with zero attached hydrogens (tertiary/aromatic N) is 2. The number of H-pyrrole nitrogens is 1. The van der Waals surface area contributed by atoms with Crippen molar-refractivity contribution in [1.82, 2.24) is 15.2 Å². The number of anilines is 1. The third kappa shape index (κ3) is 3.63. The van der Waals surface area contributed by atoms with Crippen LogP contribution in [0.4, 0.5) is 5.95 Å². The molecule has 0 radical (unpaired) electrons. The Bertz CT molecular complexity index is 558. The molecule has 0 amide bonds. The molecule has 0 unspecified atom stereocenters. The maximum absolute atomic E-state index is 5.72. The Hall–Kier alpha value is -1.76. The van der Waals surface area contributed by atoms with Crippen LogP contribution < -0.4 is 14.8 Å². The topological polar surface area (TPSA) is 72.1 Å². The highest BCUT2D eigenvalue weighted by Gasteiger charge is 2.11. The summed E-state index contributed by atoms with van der Waals surface area (Å²) in [7, 11) is 1.63. The van der Waals surface area contributed by atoms with E-state index in [1.807, 2.05) is 26.0 Å². The zero-order valence-corrected chi connectivity index (χ0v) is 13.2. The predicted octanol–water partition coefficient (Wildman–Crippen LogP) is 2.98. The lowest BCUT2D eigenvalue weighted by molar-refractivity contribution is 0.230. The average Bonchev–Trinajstić information content (AvgIpc) is 2.90. The maximum atomic E-state index is 5.72. The molecule has 2 rings (SSSR count). The van der Waals surface area contributed by atoms with Crippen molar-refractivity contribution in [3.05, 3.63) is 28.5 Å². The minimum Gasteiger partial charge on any atom is -0.493 e. The van der Waals surface area contributed by atoms with E-state index in [9.17, 15) is 0 Å². The van der Waals surface area contributed by atoms with Gasteiger partial charge in [0.1, 0.15) is 6.33 Å². The van der Waals surface area contributed by atoms with Crippen molar-refractivity contribution in [3.8, 4) is 11.5 Å². The normalized spacial score (nSPS) is 10.7. The number of ether oxygens (including phenoxy) is 2. The molecule has 0 aliphatic heterocycles. The van der Waals surface area contributed by atoms with Crippen LogP contribution in [0.3, 0.4) is 0 Å². The lowest BCUT2D eigenvalue weighted by Crippen LogP contribution is -2.08. The lowest BCUT2D eigenvalue weighted by Gasteiger charge is -2.16. The molecule has 1 aromatic heterocycles. The molecule has 1 aromatic carbocycles. The number of nitrogens with one attached hydrogen (secondary N) is 2. The van der Waals surface area contributed by atoms with E-state index in [1.165, 1.54) is 6.33 Å². The summed E-state index contributed by atoms with van der Waals surface area (Å²) in [6.45, 7) is 4.55. The molecule has 0 fully saturated rings. The minimum absolute atomic E-state index is 0.0916. The van der Waals surface area contributed by atoms with Gasteiger partial charge in [-0.1, -0.05) is 15.9 Å². The van der Waals surface area contributed by atoms with Crippen molar-refractivity contribution in [3.63, 3.8) is 0 Å². The van der Waals surface area contributed by atoms with Gasteiger partial charge in [-0.2, -0.15) is 5.10 Å². The lowest BCUT2D eigenvalue weighted by atomic mass is 10.2. The molecular weight excluding hydrogens is 324 g/mol. The van der Waals surface area contributed by atoms with Crippen molar-refractivity contribution in [2.24, 2.45) is 0 Å². The van der Waals surface area contributed by atoms with Crippen LogP contribution in [-0.4, -0.2) is 28.4 Å². The number of halogens is 1. The minimum atomic E-state index is 0.0916. The third-order valence-corrected chi connectivity index (χ3v) is 3.29. The standard InChI is InChI=1S/C13H17BrN4O2/c1-8(2)20-12-5-10(14)9(4-11(12)19-3)6-15-13-16-7-17-18-13/h4-5,7-8H,6H2,1-3H3,(H2,15,16,17,18). The smallest absolute Gasteiger partial charge is 0.218 e. The van der Waals surface area contributed by atoms with Gasteiger partial charge in [-0.3, -0.25) is 0 Å². The second-order valence-electron chi connectivity index (χ2n) is 4.45. The fourth-order valence-electron chi connectivity index (χ4n) is 1.69. The van der Waals surface area contributed by atoms with Crippen molar-refractivity contribution in [2.45, 2.75) is 26.5 Å². The fraction of sp³-hybridized carbons (Fsp3) is 0.385. The third-order valence-electron chi connectivity index (χ3n) is 2.56. The number of hydrogen-bond donors (Lipinski definition) is 2. The Morgan fingerprint density at radius 2 is 2.15 bits per heavy atom. The molecule has 0 saturated heterocycles. The summed E-state index contributed by atoms with van der Waals surface area (Å²) in [5, 5.41) is 9.67. The number of aromatic nitrogens is 3. The van der Waals surface area contributed by atoms with Crippen molar-refractivity contribution < 1.29 is 9.47 Å². The van der Waals surface area contributed by atoms with Crippen molar-refractivity contribution >= 4 is 21.9 Å². The molecule has 7 heteroatoms. The Morgan fingerprint density at radius 1 is 1.35 bits per heavy atom. The van der Waals surface area contributed by atoms with Gasteiger partial charge < -0.3 is 14.8 Å². The van der Waals surface area contributed by atoms with E-state index < -0.39 is 0 Å². The molecule has 108 valence electrons. The summed E-state index contributed by atoms with van der Waals surface area (Å²) < 4.78 is 12.0. The number of rotatable bonds is 6. The van der Waals surface area contributed by atoms with Gasteiger partial charge in [0.15, 0.2) is 11.5 Å². The maximum Gasteiger partial charge on any atom is 0.218 e. The van der Waals surface area contributed by atoms with Crippen LogP contribution >= 0.6 is 15.9 Å². The van der Waals surface area contributed by atoms with Gasteiger partial charge >= 0.3 is 0 Å². The van der Waals surface area contributed by atoms with Crippen LogP contribution in [0.15, 0.2) is 22.9 Å². The molecule has 6 nitrogen and oxygen atoms in total. The Morgan fingerprint density at radius 3 is 2.75 bits per heavy atom. The summed E-state index contributed by atoms with van der Waals surface area (Å²) in [6.07, 6.45) is 1.55. The molecule has 2 N–H and O–H groups in total. The SMILES string of the molecule is COc1cc(CNc2ncn[nH]2)c(Br)cc1OC(C)C. The van der Waals surface area contributed by atoms with E-state index in [4.69, 9.17) is 9.47 Å². The molecule has 20 heavy (non-hydrogen) atoms. The number of benzene rings is 1. The molecule has 0 bridgehead atoms. The van der Waals surface area contributed by atoms with Crippen molar-refractivity contribution in [1.29, 1.82) is 0 Å². The van der Waals surface area contributed by atoms with Crippen LogP contribution in [0.2, 0.25) is 0 Å². The van der Waals surface area contributed by atoms with Gasteiger partial charge in [-0.25, -0.2) is 10.1 Å². The van der Waals surface area contributed by atoms with Crippen molar-refractivity contribution in [2.75, 3.05) is 12.4 Å². The Kier molecular flexibility index (Phi) is 4.84. The quantitative estimate of drug-likeness (QED) is 0.845. The first-order valence-corrected chi connectivity index (χ1v) is 7.01. The summed E-state index contributed by atoms with van der Waals surface area (Å²) in [4.78, 5) is 4.01. The fourth-order valence-corrected chi connectivity index (χ4v) is 2.15. The summed E-state index contributed by atoms with van der Waals surface area (Å²) in [6, 6.07) is 3.85. The Balaban J connectivity index is 2.16. The van der Waals surface area contributed by atoms with Gasteiger partial charge in [0.05, 0.1) is 13.2 Å². The van der Waals surface area contributed by atoms with Crippen LogP contribution in [0.25, 0.3) is 0 Å². The van der Waals surface area contributed by atoms with Gasteiger partial charge in [0.2, 0.25) is 5.95 Å². The van der Waals surface area contributed by atoms with Gasteiger partial charge in [-0.05, 0) is 31.5 Å². The molecule has 1 heterocycles. The molecule has 0 saturated carbocycles. The highest BCUT2D eigenvalue weighted by molar-refractivity contribution is 9.10. The van der Waals surface area contributed by atoms with Gasteiger partial charge in [-0.15, -0.1) is 0 Å². The number of hydrogen-bond acceptors (Lipinski definition) is 5. The largest absolute Gasteiger partial charge is 0.493 e. The van der Waals surface area contributed by atoms with Crippen LogP contribution in [-0.2, 0) is 6.54 Å². The van der Waals surface area contributed by atoms with E-state index in [-0.39, 0.29) is 6.10 Å². The summed E-state index contributed by atoms with van der Waals surface area (Å²) >= 11 is 3.54. The van der Waals surface area contributed by atoms with E-state index in [0.29, 0.717) is 18.2 Å². The van der Waals surface area contributed by atoms with Gasteiger partial charge in [0, 0.05) is 11.0 Å². The first-order chi connectivity index (χ1) is 9.60. The summed E-state index contributed by atoms with van der Waals surface area (Å²) in [5.41, 5.74) is 1.04. The molecule has 0 spiro atoms. The number of methoxy groups -OCH3 is 1. The van der Waals surface area contributed by atoms with Crippen LogP contribution in [0.1, 0.15) is 19.4 Å². The van der Waals surface area contributed by atoms with E-state index in [2.05, 4.69) is 36.4 Å². The average molecular weight is 341 g/mol. The zero-order valence-electron chi connectivity index (χ0n) is 11.6. The van der Waals surface area contributed by atoms with Gasteiger partial charge in [0.25, 0.3) is 0 Å². The molecule has 0 aliphatic carbocycles. The highest BCUT2D eigenvalue weighted by Crippen LogP contribution is 2.34. The Labute approximate surface area is 126 Å². The second kappa shape index (κ2) is 6.60. The predicted molar refractivity (Wildman–Crippen MR) is 80.2 cm³/mol. The molecular formula is C13H17BrN4O2. The molecule has 2 aromatic rings. The second-order valence-corrected chi connectivity index (χ2v) is 5.30. The number of aromatic amines is 1.